The summed E-state index contributed by atoms with van der Waals surface area (Å²) in [6.45, 7) is 4.29. The fourth-order valence-corrected chi connectivity index (χ4v) is 4.51. The first-order valence-corrected chi connectivity index (χ1v) is 10.6. The number of nitrogens with one attached hydrogen (secondary N) is 2. The number of rotatable bonds is 5. The molecule has 3 aromatic rings. The van der Waals surface area contributed by atoms with E-state index < -0.39 is 0 Å². The maximum Gasteiger partial charge on any atom is 0.257 e. The number of aryl methyl sites for hydroxylation is 1. The maximum atomic E-state index is 12.8. The highest BCUT2D eigenvalue weighted by molar-refractivity contribution is 7.16. The maximum absolute atomic E-state index is 12.8. The molecular formula is C23H23N3O2S. The first-order chi connectivity index (χ1) is 14.0. The van der Waals surface area contributed by atoms with Crippen molar-refractivity contribution in [3.63, 3.8) is 0 Å². The third kappa shape index (κ3) is 4.22. The number of aromatic nitrogens is 1. The minimum absolute atomic E-state index is 0.0488. The van der Waals surface area contributed by atoms with Crippen LogP contribution < -0.4 is 10.6 Å². The quantitative estimate of drug-likeness (QED) is 0.614. The zero-order chi connectivity index (χ0) is 20.4. The van der Waals surface area contributed by atoms with Crippen LogP contribution in [0.2, 0.25) is 0 Å². The number of thiazole rings is 1. The van der Waals surface area contributed by atoms with E-state index in [2.05, 4.69) is 29.5 Å². The van der Waals surface area contributed by atoms with Crippen LogP contribution in [0.1, 0.15) is 58.6 Å². The summed E-state index contributed by atoms with van der Waals surface area (Å²) in [6.07, 6.45) is 1.55. The van der Waals surface area contributed by atoms with Gasteiger partial charge in [0.05, 0.1) is 11.6 Å². The minimum Gasteiger partial charge on any atom is -0.326 e. The van der Waals surface area contributed by atoms with Crippen molar-refractivity contribution in [3.8, 4) is 0 Å². The average Bonchev–Trinajstić information content (AvgIpc) is 3.29. The Labute approximate surface area is 174 Å². The summed E-state index contributed by atoms with van der Waals surface area (Å²) in [7, 11) is 0. The number of carbonyl (C=O) groups excluding carboxylic acids is 2. The lowest BCUT2D eigenvalue weighted by Crippen LogP contribution is -2.20. The molecule has 148 valence electrons. The number of hydrogen-bond donors (Lipinski definition) is 2. The van der Waals surface area contributed by atoms with Crippen LogP contribution in [-0.4, -0.2) is 16.8 Å². The van der Waals surface area contributed by atoms with Crippen LogP contribution >= 0.6 is 11.3 Å². The molecule has 2 N–H and O–H groups in total. The molecule has 29 heavy (non-hydrogen) atoms. The Hall–Kier alpha value is -2.99. The second kappa shape index (κ2) is 8.17. The Kier molecular flexibility index (Phi) is 5.45. The van der Waals surface area contributed by atoms with Gasteiger partial charge in [-0.15, -0.1) is 11.3 Å². The lowest BCUT2D eigenvalue weighted by Gasteiger charge is -2.12. The number of nitrogens with zero attached hydrogens (tertiary/aromatic N) is 1. The van der Waals surface area contributed by atoms with Gasteiger partial charge in [0.2, 0.25) is 5.91 Å². The van der Waals surface area contributed by atoms with Crippen molar-refractivity contribution < 1.29 is 9.59 Å². The molecular weight excluding hydrogens is 382 g/mol. The molecule has 1 atom stereocenters. The van der Waals surface area contributed by atoms with E-state index in [1.54, 1.807) is 12.1 Å². The standard InChI is InChI=1S/C23H23N3O2S/c1-14(2)15-8-10-17(11-9-15)24-22(28)18-12-13-19-20(18)25-23(29-19)26-21(27)16-6-4-3-5-7-16/h3-11,14,18H,12-13H2,1-2H3,(H,24,28)(H,25,26,27). The van der Waals surface area contributed by atoms with Crippen molar-refractivity contribution in [3.05, 3.63) is 76.3 Å². The van der Waals surface area contributed by atoms with Gasteiger partial charge in [0.15, 0.2) is 5.13 Å². The van der Waals surface area contributed by atoms with E-state index in [0.717, 1.165) is 29.1 Å². The number of hydrogen-bond acceptors (Lipinski definition) is 4. The largest absolute Gasteiger partial charge is 0.326 e. The molecule has 0 bridgehead atoms. The zero-order valence-corrected chi connectivity index (χ0v) is 17.3. The molecule has 1 heterocycles. The van der Waals surface area contributed by atoms with Crippen LogP contribution in [0, 0.1) is 0 Å². The molecule has 2 amide bonds. The third-order valence-corrected chi connectivity index (χ3v) is 6.18. The normalized spacial score (nSPS) is 15.2. The molecule has 6 heteroatoms. The summed E-state index contributed by atoms with van der Waals surface area (Å²) in [5, 5.41) is 6.40. The van der Waals surface area contributed by atoms with Gasteiger partial charge >= 0.3 is 0 Å². The first kappa shape index (κ1) is 19.3. The van der Waals surface area contributed by atoms with Crippen LogP contribution in [0.4, 0.5) is 10.8 Å². The fraction of sp³-hybridized carbons (Fsp3) is 0.261. The third-order valence-electron chi connectivity index (χ3n) is 5.14. The van der Waals surface area contributed by atoms with E-state index in [-0.39, 0.29) is 17.7 Å². The molecule has 0 fully saturated rings. The predicted octanol–water partition coefficient (Wildman–Crippen LogP) is 5.19. The van der Waals surface area contributed by atoms with Crippen LogP contribution in [0.3, 0.4) is 0 Å². The molecule has 1 aromatic heterocycles. The van der Waals surface area contributed by atoms with Crippen molar-refractivity contribution in [1.82, 2.24) is 4.98 Å². The summed E-state index contributed by atoms with van der Waals surface area (Å²) < 4.78 is 0. The molecule has 4 rings (SSSR count). The molecule has 1 aliphatic rings. The lowest BCUT2D eigenvalue weighted by molar-refractivity contribution is -0.117. The number of carbonyl (C=O) groups is 2. The summed E-state index contributed by atoms with van der Waals surface area (Å²) in [5.41, 5.74) is 3.40. The van der Waals surface area contributed by atoms with Crippen LogP contribution in [0.5, 0.6) is 0 Å². The molecule has 1 aliphatic carbocycles. The van der Waals surface area contributed by atoms with Crippen LogP contribution in [-0.2, 0) is 11.2 Å². The number of anilines is 2. The highest BCUT2D eigenvalue weighted by Crippen LogP contribution is 2.39. The van der Waals surface area contributed by atoms with Gasteiger partial charge in [-0.1, -0.05) is 44.2 Å². The van der Waals surface area contributed by atoms with E-state index in [4.69, 9.17) is 0 Å². The number of amides is 2. The number of benzene rings is 2. The van der Waals surface area contributed by atoms with Gasteiger partial charge in [-0.3, -0.25) is 14.9 Å². The predicted molar refractivity (Wildman–Crippen MR) is 117 cm³/mol. The Bertz CT molecular complexity index is 1030. The monoisotopic (exact) mass is 405 g/mol. The summed E-state index contributed by atoms with van der Waals surface area (Å²) in [5.74, 6) is -0.0679. The van der Waals surface area contributed by atoms with Gasteiger partial charge < -0.3 is 5.32 Å². The van der Waals surface area contributed by atoms with E-state index in [1.165, 1.54) is 16.9 Å². The second-order valence-corrected chi connectivity index (χ2v) is 8.59. The molecule has 1 unspecified atom stereocenters. The van der Waals surface area contributed by atoms with Crippen molar-refractivity contribution in [2.45, 2.75) is 38.5 Å². The van der Waals surface area contributed by atoms with Gasteiger partial charge in [-0.25, -0.2) is 4.98 Å². The summed E-state index contributed by atoms with van der Waals surface area (Å²) >= 11 is 1.45. The topological polar surface area (TPSA) is 71.1 Å². The van der Waals surface area contributed by atoms with E-state index in [9.17, 15) is 9.59 Å². The Morgan fingerprint density at radius 2 is 1.76 bits per heavy atom. The lowest BCUT2D eigenvalue weighted by atomic mass is 10.0. The van der Waals surface area contributed by atoms with Gasteiger partial charge in [-0.05, 0) is 48.6 Å². The van der Waals surface area contributed by atoms with Crippen molar-refractivity contribution in [1.29, 1.82) is 0 Å². The SMILES string of the molecule is CC(C)c1ccc(NC(=O)C2CCc3sc(NC(=O)c4ccccc4)nc32)cc1. The smallest absolute Gasteiger partial charge is 0.257 e. The molecule has 0 saturated heterocycles. The van der Waals surface area contributed by atoms with E-state index in [1.807, 2.05) is 42.5 Å². The van der Waals surface area contributed by atoms with E-state index >= 15 is 0 Å². The Morgan fingerprint density at radius 3 is 2.45 bits per heavy atom. The molecule has 0 radical (unpaired) electrons. The van der Waals surface area contributed by atoms with Crippen molar-refractivity contribution in [2.24, 2.45) is 0 Å². The first-order valence-electron chi connectivity index (χ1n) is 9.78. The van der Waals surface area contributed by atoms with Crippen molar-refractivity contribution in [2.75, 3.05) is 10.6 Å². The number of fused-ring (bicyclic) bond motifs is 1. The Balaban J connectivity index is 1.44. The average molecular weight is 406 g/mol. The minimum atomic E-state index is -0.284. The highest BCUT2D eigenvalue weighted by atomic mass is 32.1. The second-order valence-electron chi connectivity index (χ2n) is 7.50. The van der Waals surface area contributed by atoms with Gasteiger partial charge in [0.25, 0.3) is 5.91 Å². The van der Waals surface area contributed by atoms with Gasteiger partial charge in [0.1, 0.15) is 0 Å². The summed E-state index contributed by atoms with van der Waals surface area (Å²) in [6, 6.07) is 17.0. The molecule has 0 spiro atoms. The van der Waals surface area contributed by atoms with Gasteiger partial charge in [0, 0.05) is 16.1 Å². The molecule has 5 nitrogen and oxygen atoms in total. The Morgan fingerprint density at radius 1 is 1.03 bits per heavy atom. The molecule has 2 aromatic carbocycles. The van der Waals surface area contributed by atoms with Crippen LogP contribution in [0.15, 0.2) is 54.6 Å². The van der Waals surface area contributed by atoms with Gasteiger partial charge in [-0.2, -0.15) is 0 Å². The zero-order valence-electron chi connectivity index (χ0n) is 16.4. The summed E-state index contributed by atoms with van der Waals surface area (Å²) in [4.78, 5) is 30.8. The fourth-order valence-electron chi connectivity index (χ4n) is 3.48. The highest BCUT2D eigenvalue weighted by Gasteiger charge is 2.33. The van der Waals surface area contributed by atoms with Crippen molar-refractivity contribution >= 4 is 34.0 Å². The van der Waals surface area contributed by atoms with E-state index in [0.29, 0.717) is 16.6 Å². The molecule has 0 saturated carbocycles. The molecule has 0 aliphatic heterocycles. The van der Waals surface area contributed by atoms with Crippen LogP contribution in [0.25, 0.3) is 0 Å².